The molecule has 0 spiro atoms. The summed E-state index contributed by atoms with van der Waals surface area (Å²) in [6, 6.07) is 3.78. The number of rotatable bonds is 3. The van der Waals surface area contributed by atoms with Gasteiger partial charge >= 0.3 is 0 Å². The van der Waals surface area contributed by atoms with E-state index in [1.165, 1.54) is 0 Å². The van der Waals surface area contributed by atoms with Gasteiger partial charge in [-0.1, -0.05) is 29.9 Å². The molecule has 1 unspecified atom stereocenters. The molecule has 0 saturated heterocycles. The van der Waals surface area contributed by atoms with Crippen molar-refractivity contribution in [2.75, 3.05) is 5.75 Å². The van der Waals surface area contributed by atoms with Crippen molar-refractivity contribution in [2.24, 2.45) is 0 Å². The predicted molar refractivity (Wildman–Crippen MR) is 60.3 cm³/mol. The number of hydrogen-bond acceptors (Lipinski definition) is 4. The van der Waals surface area contributed by atoms with Crippen LogP contribution in [-0.4, -0.2) is 10.3 Å². The highest BCUT2D eigenvalue weighted by atomic mass is 35.5. The Balaban J connectivity index is 3.20. The van der Waals surface area contributed by atoms with Crippen molar-refractivity contribution in [3.05, 3.63) is 15.5 Å². The molecule has 78 valence electrons. The molecule has 0 aliphatic rings. The van der Waals surface area contributed by atoms with Crippen molar-refractivity contribution in [1.29, 1.82) is 10.5 Å². The van der Waals surface area contributed by atoms with Crippen molar-refractivity contribution in [3.8, 4) is 12.1 Å². The molecule has 0 N–H and O–H groups in total. The lowest BCUT2D eigenvalue weighted by Crippen LogP contribution is -2.05. The minimum absolute atomic E-state index is 0.129. The number of halogens is 1. The molecule has 1 atom stereocenters. The van der Waals surface area contributed by atoms with Crippen LogP contribution >= 0.6 is 22.9 Å². The summed E-state index contributed by atoms with van der Waals surface area (Å²) in [4.78, 5) is 0.257. The van der Waals surface area contributed by atoms with Gasteiger partial charge in [-0.05, 0) is 17.6 Å². The molecule has 1 heterocycles. The Morgan fingerprint density at radius 3 is 2.60 bits per heavy atom. The zero-order valence-electron chi connectivity index (χ0n) is 7.91. The zero-order chi connectivity index (χ0) is 11.4. The van der Waals surface area contributed by atoms with E-state index < -0.39 is 11.2 Å². The van der Waals surface area contributed by atoms with Crippen molar-refractivity contribution in [1.82, 2.24) is 0 Å². The summed E-state index contributed by atoms with van der Waals surface area (Å²) in [5, 5.41) is 17.7. The molecule has 1 aromatic rings. The van der Waals surface area contributed by atoms with E-state index in [-0.39, 0.29) is 15.5 Å². The Hall–Kier alpha value is -0.720. The van der Waals surface area contributed by atoms with Gasteiger partial charge in [0.05, 0.1) is 5.02 Å². The molecule has 1 aromatic heterocycles. The van der Waals surface area contributed by atoms with Gasteiger partial charge in [0.2, 0.25) is 4.21 Å². The third-order valence-electron chi connectivity index (χ3n) is 1.63. The van der Waals surface area contributed by atoms with E-state index in [1.54, 1.807) is 0 Å². The van der Waals surface area contributed by atoms with Crippen LogP contribution in [0, 0.1) is 22.7 Å². The molecule has 0 aromatic carbocycles. The van der Waals surface area contributed by atoms with E-state index >= 15 is 0 Å². The Morgan fingerprint density at radius 1 is 1.47 bits per heavy atom. The molecular formula is C9H7ClN2OS2. The summed E-state index contributed by atoms with van der Waals surface area (Å²) < 4.78 is 12.1. The lowest BCUT2D eigenvalue weighted by Gasteiger charge is -2.06. The van der Waals surface area contributed by atoms with Crippen LogP contribution < -0.4 is 0 Å². The molecule has 0 bridgehead atoms. The van der Waals surface area contributed by atoms with Gasteiger partial charge in [0.15, 0.2) is 0 Å². The largest absolute Gasteiger partial charge is 0.611 e. The first-order valence-electron chi connectivity index (χ1n) is 4.16. The molecule has 0 saturated carbocycles. The summed E-state index contributed by atoms with van der Waals surface area (Å²) >= 11 is 5.62. The Bertz CT molecular complexity index is 444. The second kappa shape index (κ2) is 5.39. The van der Waals surface area contributed by atoms with Crippen molar-refractivity contribution < 1.29 is 4.55 Å². The maximum absolute atomic E-state index is 11.7. The SMILES string of the molecule is CCC[S+]([O-])c1sc(C#N)c(Cl)c1C#N. The van der Waals surface area contributed by atoms with Gasteiger partial charge in [-0.25, -0.2) is 0 Å². The first-order valence-corrected chi connectivity index (χ1v) is 6.67. The van der Waals surface area contributed by atoms with Gasteiger partial charge in [-0.15, -0.1) is 0 Å². The lowest BCUT2D eigenvalue weighted by molar-refractivity contribution is 0.595. The first kappa shape index (κ1) is 12.4. The molecule has 3 nitrogen and oxygen atoms in total. The van der Waals surface area contributed by atoms with E-state index in [4.69, 9.17) is 22.1 Å². The van der Waals surface area contributed by atoms with Crippen LogP contribution in [0.15, 0.2) is 4.21 Å². The fourth-order valence-corrected chi connectivity index (χ4v) is 3.88. The van der Waals surface area contributed by atoms with Crippen LogP contribution in [-0.2, 0) is 11.2 Å². The number of nitriles is 2. The van der Waals surface area contributed by atoms with Crippen LogP contribution in [0.4, 0.5) is 0 Å². The summed E-state index contributed by atoms with van der Waals surface area (Å²) in [5.41, 5.74) is 0.185. The molecule has 0 aliphatic heterocycles. The molecule has 0 fully saturated rings. The summed E-state index contributed by atoms with van der Waals surface area (Å²) in [6.07, 6.45) is 0.759. The third-order valence-corrected chi connectivity index (χ3v) is 5.21. The third kappa shape index (κ3) is 2.45. The summed E-state index contributed by atoms with van der Waals surface area (Å²) in [7, 11) is 0. The average molecular weight is 259 g/mol. The highest BCUT2D eigenvalue weighted by molar-refractivity contribution is 7.93. The fraction of sp³-hybridized carbons (Fsp3) is 0.333. The van der Waals surface area contributed by atoms with Gasteiger partial charge in [0, 0.05) is 0 Å². The van der Waals surface area contributed by atoms with Crippen LogP contribution in [0.5, 0.6) is 0 Å². The number of nitrogens with zero attached hydrogens (tertiary/aromatic N) is 2. The Morgan fingerprint density at radius 2 is 2.13 bits per heavy atom. The highest BCUT2D eigenvalue weighted by Gasteiger charge is 2.25. The minimum Gasteiger partial charge on any atom is -0.611 e. The van der Waals surface area contributed by atoms with Crippen LogP contribution in [0.1, 0.15) is 23.8 Å². The van der Waals surface area contributed by atoms with Gasteiger partial charge in [0.25, 0.3) is 0 Å². The van der Waals surface area contributed by atoms with Crippen molar-refractivity contribution in [2.45, 2.75) is 17.6 Å². The predicted octanol–water partition coefficient (Wildman–Crippen LogP) is 2.66. The Labute approximate surface area is 100 Å². The quantitative estimate of drug-likeness (QED) is 0.783. The van der Waals surface area contributed by atoms with E-state index in [0.29, 0.717) is 9.96 Å². The average Bonchev–Trinajstić information content (AvgIpc) is 2.55. The summed E-state index contributed by atoms with van der Waals surface area (Å²) in [6.45, 7) is 1.91. The highest BCUT2D eigenvalue weighted by Crippen LogP contribution is 2.35. The van der Waals surface area contributed by atoms with Gasteiger partial charge in [-0.2, -0.15) is 10.5 Å². The number of thiophene rings is 1. The van der Waals surface area contributed by atoms with Crippen LogP contribution in [0.3, 0.4) is 0 Å². The smallest absolute Gasteiger partial charge is 0.227 e. The minimum atomic E-state index is -1.23. The molecule has 0 radical (unpaired) electrons. The van der Waals surface area contributed by atoms with E-state index in [9.17, 15) is 4.55 Å². The standard InChI is InChI=1S/C9H7ClN2OS2/c1-2-3-15(13)9-6(4-11)8(10)7(5-12)14-9/h2-3H2,1H3. The van der Waals surface area contributed by atoms with Crippen LogP contribution in [0.25, 0.3) is 0 Å². The van der Waals surface area contributed by atoms with Crippen LogP contribution in [0.2, 0.25) is 5.02 Å². The monoisotopic (exact) mass is 258 g/mol. The van der Waals surface area contributed by atoms with E-state index in [1.807, 2.05) is 19.1 Å². The molecule has 0 amide bonds. The normalized spacial score (nSPS) is 11.8. The lowest BCUT2D eigenvalue weighted by atomic mass is 10.3. The second-order valence-electron chi connectivity index (χ2n) is 2.68. The molecule has 15 heavy (non-hydrogen) atoms. The fourth-order valence-electron chi connectivity index (χ4n) is 0.997. The van der Waals surface area contributed by atoms with Crippen molar-refractivity contribution in [3.63, 3.8) is 0 Å². The molecular weight excluding hydrogens is 252 g/mol. The van der Waals surface area contributed by atoms with Crippen molar-refractivity contribution >= 4 is 34.1 Å². The maximum Gasteiger partial charge on any atom is 0.227 e. The Kier molecular flexibility index (Phi) is 4.44. The molecule has 6 heteroatoms. The summed E-state index contributed by atoms with van der Waals surface area (Å²) in [5.74, 6) is 0.483. The van der Waals surface area contributed by atoms with E-state index in [0.717, 1.165) is 17.8 Å². The maximum atomic E-state index is 11.7. The first-order chi connectivity index (χ1) is 7.15. The van der Waals surface area contributed by atoms with Gasteiger partial charge < -0.3 is 4.55 Å². The molecule has 1 rings (SSSR count). The van der Waals surface area contributed by atoms with Gasteiger partial charge in [-0.3, -0.25) is 0 Å². The number of hydrogen-bond donors (Lipinski definition) is 0. The topological polar surface area (TPSA) is 70.6 Å². The molecule has 0 aliphatic carbocycles. The zero-order valence-corrected chi connectivity index (χ0v) is 10.3. The second-order valence-corrected chi connectivity index (χ2v) is 5.85. The van der Waals surface area contributed by atoms with Gasteiger partial charge in [0.1, 0.15) is 28.3 Å². The van der Waals surface area contributed by atoms with E-state index in [2.05, 4.69) is 0 Å².